The van der Waals surface area contributed by atoms with Crippen LogP contribution in [-0.4, -0.2) is 25.8 Å². The quantitative estimate of drug-likeness (QED) is 0.870. The van der Waals surface area contributed by atoms with Gasteiger partial charge in [-0.25, -0.2) is 12.8 Å². The van der Waals surface area contributed by atoms with Crippen LogP contribution in [0.4, 0.5) is 4.39 Å². The Bertz CT molecular complexity index is 659. The third-order valence-electron chi connectivity index (χ3n) is 3.23. The Morgan fingerprint density at radius 2 is 2.15 bits per heavy atom. The summed E-state index contributed by atoms with van der Waals surface area (Å²) >= 11 is 5.75. The second-order valence-electron chi connectivity index (χ2n) is 4.76. The van der Waals surface area contributed by atoms with E-state index < -0.39 is 15.8 Å². The van der Waals surface area contributed by atoms with Gasteiger partial charge in [0.1, 0.15) is 5.82 Å². The Morgan fingerprint density at radius 3 is 2.75 bits per heavy atom. The lowest BCUT2D eigenvalue weighted by atomic mass is 10.2. The predicted octanol–water partition coefficient (Wildman–Crippen LogP) is 2.28. The fraction of sp³-hybridized carbons (Fsp3) is 0.385. The van der Waals surface area contributed by atoms with Gasteiger partial charge in [-0.05, 0) is 31.0 Å². The zero-order valence-corrected chi connectivity index (χ0v) is 12.6. The molecule has 1 aromatic carbocycles. The minimum Gasteiger partial charge on any atom is -0.326 e. The zero-order valence-electron chi connectivity index (χ0n) is 11.1. The molecular weight excluding hydrogens is 303 g/mol. The summed E-state index contributed by atoms with van der Waals surface area (Å²) in [6.45, 7) is 2.57. The molecule has 0 radical (unpaired) electrons. The normalized spacial score (nSPS) is 17.1. The second kappa shape index (κ2) is 5.81. The molecule has 4 nitrogen and oxygen atoms in total. The van der Waals surface area contributed by atoms with Gasteiger partial charge < -0.3 is 5.73 Å². The highest BCUT2D eigenvalue weighted by Gasteiger charge is 2.27. The van der Waals surface area contributed by atoms with E-state index in [-0.39, 0.29) is 22.0 Å². The number of hydrogen-bond donors (Lipinski definition) is 1. The minimum atomic E-state index is -3.73. The van der Waals surface area contributed by atoms with Crippen LogP contribution in [0.1, 0.15) is 18.9 Å². The number of halogens is 2. The average molecular weight is 319 g/mol. The molecule has 0 atom stereocenters. The van der Waals surface area contributed by atoms with Gasteiger partial charge in [-0.15, -0.1) is 0 Å². The molecule has 20 heavy (non-hydrogen) atoms. The van der Waals surface area contributed by atoms with Crippen LogP contribution in [0.25, 0.3) is 0 Å². The van der Waals surface area contributed by atoms with Gasteiger partial charge in [0.25, 0.3) is 0 Å². The van der Waals surface area contributed by atoms with Crippen molar-refractivity contribution in [2.75, 3.05) is 13.1 Å². The number of benzene rings is 1. The fourth-order valence-corrected chi connectivity index (χ4v) is 3.89. The van der Waals surface area contributed by atoms with Gasteiger partial charge in [-0.3, -0.25) is 0 Å². The third-order valence-corrected chi connectivity index (χ3v) is 5.48. The standard InChI is InChI=1S/C13H16ClFN2O2S/c1-9-3-2-4-17(8-9)20(18,19)11-5-10(7-16)13(14)12(15)6-11/h3,5-6H,2,4,7-8,16H2,1H3. The monoisotopic (exact) mass is 318 g/mol. The summed E-state index contributed by atoms with van der Waals surface area (Å²) < 4.78 is 40.1. The predicted molar refractivity (Wildman–Crippen MR) is 76.4 cm³/mol. The van der Waals surface area contributed by atoms with E-state index in [0.717, 1.165) is 11.6 Å². The van der Waals surface area contributed by atoms with Crippen molar-refractivity contribution in [3.63, 3.8) is 0 Å². The van der Waals surface area contributed by atoms with Crippen LogP contribution >= 0.6 is 11.6 Å². The summed E-state index contributed by atoms with van der Waals surface area (Å²) in [5.74, 6) is -0.766. The third kappa shape index (κ3) is 2.88. The summed E-state index contributed by atoms with van der Waals surface area (Å²) in [6.07, 6.45) is 2.66. The van der Waals surface area contributed by atoms with Gasteiger partial charge in [0.2, 0.25) is 10.0 Å². The number of rotatable bonds is 3. The molecule has 1 aromatic rings. The Hall–Kier alpha value is -0.950. The van der Waals surface area contributed by atoms with Gasteiger partial charge in [-0.2, -0.15) is 4.31 Å². The molecule has 2 rings (SSSR count). The van der Waals surface area contributed by atoms with Crippen molar-refractivity contribution in [2.24, 2.45) is 5.73 Å². The molecular formula is C13H16ClFN2O2S. The van der Waals surface area contributed by atoms with Crippen LogP contribution in [0.3, 0.4) is 0 Å². The van der Waals surface area contributed by atoms with Crippen molar-refractivity contribution in [3.05, 3.63) is 40.2 Å². The first kappa shape index (κ1) is 15.4. The lowest BCUT2D eigenvalue weighted by Gasteiger charge is -2.25. The van der Waals surface area contributed by atoms with Crippen LogP contribution in [0.15, 0.2) is 28.7 Å². The van der Waals surface area contributed by atoms with E-state index in [1.165, 1.54) is 10.4 Å². The molecule has 1 aliphatic rings. The van der Waals surface area contributed by atoms with Crippen LogP contribution < -0.4 is 5.73 Å². The largest absolute Gasteiger partial charge is 0.326 e. The fourth-order valence-electron chi connectivity index (χ4n) is 2.15. The SMILES string of the molecule is CC1=CCCN(S(=O)(=O)c2cc(F)c(Cl)c(CN)c2)C1. The highest BCUT2D eigenvalue weighted by atomic mass is 35.5. The first-order chi connectivity index (χ1) is 9.36. The van der Waals surface area contributed by atoms with Crippen molar-refractivity contribution >= 4 is 21.6 Å². The minimum absolute atomic E-state index is 0.0158. The molecule has 0 saturated heterocycles. The van der Waals surface area contributed by atoms with Crippen molar-refractivity contribution in [3.8, 4) is 0 Å². The first-order valence-electron chi connectivity index (χ1n) is 6.20. The van der Waals surface area contributed by atoms with Crippen LogP contribution in [-0.2, 0) is 16.6 Å². The molecule has 0 amide bonds. The topological polar surface area (TPSA) is 63.4 Å². The molecule has 0 unspecified atom stereocenters. The molecule has 0 aromatic heterocycles. The van der Waals surface area contributed by atoms with E-state index in [9.17, 15) is 12.8 Å². The summed E-state index contributed by atoms with van der Waals surface area (Å²) in [5, 5.41) is -0.124. The maximum absolute atomic E-state index is 13.7. The molecule has 2 N–H and O–H groups in total. The van der Waals surface area contributed by atoms with Crippen molar-refractivity contribution < 1.29 is 12.8 Å². The highest BCUT2D eigenvalue weighted by molar-refractivity contribution is 7.89. The second-order valence-corrected chi connectivity index (χ2v) is 7.08. The molecule has 1 aliphatic heterocycles. The summed E-state index contributed by atoms with van der Waals surface area (Å²) in [5.41, 5.74) is 6.73. The van der Waals surface area contributed by atoms with E-state index in [4.69, 9.17) is 17.3 Å². The molecule has 0 spiro atoms. The van der Waals surface area contributed by atoms with Crippen molar-refractivity contribution in [2.45, 2.75) is 24.8 Å². The number of sulfonamides is 1. The van der Waals surface area contributed by atoms with Crippen LogP contribution in [0.5, 0.6) is 0 Å². The number of nitrogens with zero attached hydrogens (tertiary/aromatic N) is 1. The molecule has 1 heterocycles. The Kier molecular flexibility index (Phi) is 4.49. The zero-order chi connectivity index (χ0) is 14.9. The van der Waals surface area contributed by atoms with E-state index in [2.05, 4.69) is 0 Å². The summed E-state index contributed by atoms with van der Waals surface area (Å²) in [6, 6.07) is 2.29. The highest BCUT2D eigenvalue weighted by Crippen LogP contribution is 2.27. The van der Waals surface area contributed by atoms with Crippen LogP contribution in [0, 0.1) is 5.82 Å². The maximum atomic E-state index is 13.7. The Balaban J connectivity index is 2.44. The molecule has 0 bridgehead atoms. The number of hydrogen-bond acceptors (Lipinski definition) is 3. The van der Waals surface area contributed by atoms with Crippen molar-refractivity contribution in [1.29, 1.82) is 0 Å². The molecule has 0 saturated carbocycles. The van der Waals surface area contributed by atoms with Gasteiger partial charge in [0, 0.05) is 19.6 Å². The van der Waals surface area contributed by atoms with Crippen LogP contribution in [0.2, 0.25) is 5.02 Å². The van der Waals surface area contributed by atoms with E-state index in [1.54, 1.807) is 0 Å². The van der Waals surface area contributed by atoms with E-state index in [1.807, 2.05) is 13.0 Å². The smallest absolute Gasteiger partial charge is 0.243 e. The maximum Gasteiger partial charge on any atom is 0.243 e. The lowest BCUT2D eigenvalue weighted by Crippen LogP contribution is -2.35. The summed E-state index contributed by atoms with van der Waals surface area (Å²) in [4.78, 5) is -0.102. The average Bonchev–Trinajstić information content (AvgIpc) is 2.41. The molecule has 7 heteroatoms. The van der Waals surface area contributed by atoms with Gasteiger partial charge in [-0.1, -0.05) is 23.3 Å². The van der Waals surface area contributed by atoms with Crippen molar-refractivity contribution in [1.82, 2.24) is 4.31 Å². The van der Waals surface area contributed by atoms with E-state index >= 15 is 0 Å². The molecule has 0 fully saturated rings. The van der Waals surface area contributed by atoms with E-state index in [0.29, 0.717) is 19.5 Å². The van der Waals surface area contributed by atoms with Gasteiger partial charge >= 0.3 is 0 Å². The number of nitrogens with two attached hydrogens (primary N) is 1. The van der Waals surface area contributed by atoms with Gasteiger partial charge in [0.05, 0.1) is 9.92 Å². The lowest BCUT2D eigenvalue weighted by molar-refractivity contribution is 0.427. The first-order valence-corrected chi connectivity index (χ1v) is 8.02. The molecule has 0 aliphatic carbocycles. The van der Waals surface area contributed by atoms with Gasteiger partial charge in [0.15, 0.2) is 0 Å². The Morgan fingerprint density at radius 1 is 1.45 bits per heavy atom. The Labute approximate surface area is 123 Å². The summed E-state index contributed by atoms with van der Waals surface area (Å²) in [7, 11) is -3.73. The molecule has 110 valence electrons.